The van der Waals surface area contributed by atoms with Gasteiger partial charge in [0, 0.05) is 31.2 Å². The van der Waals surface area contributed by atoms with Crippen LogP contribution in [0.25, 0.3) is 0 Å². The monoisotopic (exact) mass is 242 g/mol. The summed E-state index contributed by atoms with van der Waals surface area (Å²) in [5.74, 6) is 0. The predicted octanol–water partition coefficient (Wildman–Crippen LogP) is 2.12. The molecule has 1 fully saturated rings. The average molecular weight is 242 g/mol. The van der Waals surface area contributed by atoms with Gasteiger partial charge in [-0.3, -0.25) is 0 Å². The minimum atomic E-state index is 0.340. The summed E-state index contributed by atoms with van der Waals surface area (Å²) in [6, 6.07) is 0.563. The highest BCUT2D eigenvalue weighted by Crippen LogP contribution is 2.29. The molecule has 1 aliphatic heterocycles. The third-order valence-electron chi connectivity index (χ3n) is 3.57. The van der Waals surface area contributed by atoms with E-state index in [0.717, 1.165) is 26.3 Å². The standard InChI is InChI=1S/C14H30N2O/c1-5-6-8-16(4)11-14(7-9-17-12-14)10-15-13(2)3/h13,15H,5-12H2,1-4H3. The van der Waals surface area contributed by atoms with E-state index in [2.05, 4.69) is 38.0 Å². The smallest absolute Gasteiger partial charge is 0.0547 e. The maximum atomic E-state index is 5.63. The second-order valence-corrected chi connectivity index (χ2v) is 5.93. The molecule has 0 aromatic carbocycles. The van der Waals surface area contributed by atoms with Crippen LogP contribution >= 0.6 is 0 Å². The molecule has 0 radical (unpaired) electrons. The predicted molar refractivity (Wildman–Crippen MR) is 73.4 cm³/mol. The Labute approximate surface area is 107 Å². The van der Waals surface area contributed by atoms with Crippen molar-refractivity contribution in [3.05, 3.63) is 0 Å². The molecule has 1 unspecified atom stereocenters. The van der Waals surface area contributed by atoms with Crippen LogP contribution in [0.5, 0.6) is 0 Å². The quantitative estimate of drug-likeness (QED) is 0.705. The molecule has 1 heterocycles. The van der Waals surface area contributed by atoms with Crippen molar-refractivity contribution in [2.45, 2.75) is 46.1 Å². The van der Waals surface area contributed by atoms with Gasteiger partial charge in [-0.1, -0.05) is 27.2 Å². The van der Waals surface area contributed by atoms with Crippen LogP contribution in [-0.4, -0.2) is 50.8 Å². The van der Waals surface area contributed by atoms with E-state index in [4.69, 9.17) is 4.74 Å². The van der Waals surface area contributed by atoms with Crippen LogP contribution < -0.4 is 5.32 Å². The number of rotatable bonds is 8. The molecule has 1 aliphatic rings. The van der Waals surface area contributed by atoms with Crippen LogP contribution in [0.4, 0.5) is 0 Å². The van der Waals surface area contributed by atoms with Gasteiger partial charge in [0.1, 0.15) is 0 Å². The molecule has 0 aromatic heterocycles. The summed E-state index contributed by atoms with van der Waals surface area (Å²) in [6.45, 7) is 12.0. The zero-order valence-electron chi connectivity index (χ0n) is 12.1. The number of hydrogen-bond donors (Lipinski definition) is 1. The van der Waals surface area contributed by atoms with Crippen molar-refractivity contribution >= 4 is 0 Å². The maximum Gasteiger partial charge on any atom is 0.0547 e. The SMILES string of the molecule is CCCCN(C)CC1(CNC(C)C)CCOC1. The molecule has 0 spiro atoms. The molecule has 1 atom stereocenters. The normalized spacial score (nSPS) is 25.1. The second kappa shape index (κ2) is 7.34. The number of ether oxygens (including phenoxy) is 1. The van der Waals surface area contributed by atoms with E-state index >= 15 is 0 Å². The Morgan fingerprint density at radius 3 is 2.71 bits per heavy atom. The van der Waals surface area contributed by atoms with Crippen LogP contribution in [0.2, 0.25) is 0 Å². The van der Waals surface area contributed by atoms with Crippen molar-refractivity contribution in [1.82, 2.24) is 10.2 Å². The van der Waals surface area contributed by atoms with E-state index in [0.29, 0.717) is 11.5 Å². The van der Waals surface area contributed by atoms with Gasteiger partial charge >= 0.3 is 0 Å². The van der Waals surface area contributed by atoms with Gasteiger partial charge in [0.05, 0.1) is 6.61 Å². The highest BCUT2D eigenvalue weighted by molar-refractivity contribution is 4.88. The molecule has 0 aliphatic carbocycles. The number of nitrogens with one attached hydrogen (secondary N) is 1. The Hall–Kier alpha value is -0.120. The van der Waals surface area contributed by atoms with Crippen molar-refractivity contribution in [1.29, 1.82) is 0 Å². The van der Waals surface area contributed by atoms with Gasteiger partial charge in [0.15, 0.2) is 0 Å². The van der Waals surface area contributed by atoms with Crippen molar-refractivity contribution in [2.24, 2.45) is 5.41 Å². The van der Waals surface area contributed by atoms with Crippen molar-refractivity contribution in [3.63, 3.8) is 0 Å². The fourth-order valence-electron chi connectivity index (χ4n) is 2.47. The van der Waals surface area contributed by atoms with Crippen LogP contribution in [-0.2, 0) is 4.74 Å². The summed E-state index contributed by atoms with van der Waals surface area (Å²) >= 11 is 0. The van der Waals surface area contributed by atoms with Gasteiger partial charge in [-0.15, -0.1) is 0 Å². The summed E-state index contributed by atoms with van der Waals surface area (Å²) in [5, 5.41) is 3.58. The first-order chi connectivity index (χ1) is 8.08. The molecule has 0 bridgehead atoms. The Balaban J connectivity index is 2.41. The molecule has 17 heavy (non-hydrogen) atoms. The molecule has 3 heteroatoms. The van der Waals surface area contributed by atoms with E-state index in [1.807, 2.05) is 0 Å². The molecular weight excluding hydrogens is 212 g/mol. The summed E-state index contributed by atoms with van der Waals surface area (Å²) in [7, 11) is 2.24. The van der Waals surface area contributed by atoms with Gasteiger partial charge in [0.25, 0.3) is 0 Å². The van der Waals surface area contributed by atoms with Gasteiger partial charge in [-0.2, -0.15) is 0 Å². The largest absolute Gasteiger partial charge is 0.381 e. The highest BCUT2D eigenvalue weighted by Gasteiger charge is 2.35. The Morgan fingerprint density at radius 2 is 2.18 bits per heavy atom. The van der Waals surface area contributed by atoms with Gasteiger partial charge < -0.3 is 15.0 Å². The summed E-state index contributed by atoms with van der Waals surface area (Å²) < 4.78 is 5.63. The zero-order chi connectivity index (χ0) is 12.7. The molecule has 0 aromatic rings. The van der Waals surface area contributed by atoms with E-state index in [9.17, 15) is 0 Å². The molecule has 0 amide bonds. The molecule has 3 nitrogen and oxygen atoms in total. The summed E-state index contributed by atoms with van der Waals surface area (Å²) in [4.78, 5) is 2.47. The number of nitrogens with zero attached hydrogens (tertiary/aromatic N) is 1. The Morgan fingerprint density at radius 1 is 1.41 bits per heavy atom. The first-order valence-electron chi connectivity index (χ1n) is 7.08. The minimum absolute atomic E-state index is 0.340. The van der Waals surface area contributed by atoms with Crippen LogP contribution in [0.15, 0.2) is 0 Å². The number of unbranched alkanes of at least 4 members (excludes halogenated alkanes) is 1. The fraction of sp³-hybridized carbons (Fsp3) is 1.00. The van der Waals surface area contributed by atoms with E-state index < -0.39 is 0 Å². The van der Waals surface area contributed by atoms with Gasteiger partial charge in [-0.05, 0) is 26.4 Å². The lowest BCUT2D eigenvalue weighted by Gasteiger charge is -2.33. The van der Waals surface area contributed by atoms with Gasteiger partial charge in [0.2, 0.25) is 0 Å². The van der Waals surface area contributed by atoms with E-state index in [1.54, 1.807) is 0 Å². The Kier molecular flexibility index (Phi) is 6.45. The molecule has 102 valence electrons. The second-order valence-electron chi connectivity index (χ2n) is 5.93. The summed E-state index contributed by atoms with van der Waals surface area (Å²) in [5.41, 5.74) is 0.340. The topological polar surface area (TPSA) is 24.5 Å². The Bertz CT molecular complexity index is 200. The lowest BCUT2D eigenvalue weighted by atomic mass is 9.86. The lowest BCUT2D eigenvalue weighted by molar-refractivity contribution is 0.117. The highest BCUT2D eigenvalue weighted by atomic mass is 16.5. The van der Waals surface area contributed by atoms with Crippen LogP contribution in [0.3, 0.4) is 0 Å². The number of hydrogen-bond acceptors (Lipinski definition) is 3. The molecular formula is C14H30N2O. The molecule has 1 saturated heterocycles. The first-order valence-corrected chi connectivity index (χ1v) is 7.08. The van der Waals surface area contributed by atoms with E-state index in [1.165, 1.54) is 25.8 Å². The van der Waals surface area contributed by atoms with Crippen LogP contribution in [0, 0.1) is 5.41 Å². The average Bonchev–Trinajstić information content (AvgIpc) is 2.73. The van der Waals surface area contributed by atoms with Gasteiger partial charge in [-0.25, -0.2) is 0 Å². The van der Waals surface area contributed by atoms with E-state index in [-0.39, 0.29) is 0 Å². The van der Waals surface area contributed by atoms with Crippen molar-refractivity contribution < 1.29 is 4.74 Å². The lowest BCUT2D eigenvalue weighted by Crippen LogP contribution is -2.45. The van der Waals surface area contributed by atoms with Crippen LogP contribution in [0.1, 0.15) is 40.0 Å². The third-order valence-corrected chi connectivity index (χ3v) is 3.57. The van der Waals surface area contributed by atoms with Crippen molar-refractivity contribution in [3.8, 4) is 0 Å². The zero-order valence-corrected chi connectivity index (χ0v) is 12.1. The summed E-state index contributed by atoms with van der Waals surface area (Å²) in [6.07, 6.45) is 3.77. The molecule has 1 rings (SSSR count). The maximum absolute atomic E-state index is 5.63. The van der Waals surface area contributed by atoms with Crippen molar-refractivity contribution in [2.75, 3.05) is 39.9 Å². The molecule has 1 N–H and O–H groups in total. The molecule has 0 saturated carbocycles. The fourth-order valence-corrected chi connectivity index (χ4v) is 2.47. The third kappa shape index (κ3) is 5.36. The first kappa shape index (κ1) is 14.9. The minimum Gasteiger partial charge on any atom is -0.381 e.